The summed E-state index contributed by atoms with van der Waals surface area (Å²) in [7, 11) is 2.17. The summed E-state index contributed by atoms with van der Waals surface area (Å²) >= 11 is 1.56. The minimum Gasteiger partial charge on any atom is -0.462 e. The highest BCUT2D eigenvalue weighted by Gasteiger charge is 2.14. The fourth-order valence-corrected chi connectivity index (χ4v) is 4.14. The molecule has 0 atom stereocenters. The Morgan fingerprint density at radius 2 is 1.77 bits per heavy atom. The van der Waals surface area contributed by atoms with E-state index in [4.69, 9.17) is 9.72 Å². The fourth-order valence-electron chi connectivity index (χ4n) is 3.40. The predicted molar refractivity (Wildman–Crippen MR) is 123 cm³/mol. The molecule has 1 aliphatic heterocycles. The van der Waals surface area contributed by atoms with E-state index >= 15 is 0 Å². The number of likely N-dealkylation sites (N-methyl/N-ethyl adjacent to an activating group) is 1. The van der Waals surface area contributed by atoms with Crippen molar-refractivity contribution in [1.82, 2.24) is 9.88 Å². The van der Waals surface area contributed by atoms with Gasteiger partial charge in [0.05, 0.1) is 17.9 Å². The first-order chi connectivity index (χ1) is 14.6. The first kappa shape index (κ1) is 20.4. The third kappa shape index (κ3) is 4.80. The number of ether oxygens (including phenoxy) is 1. The summed E-state index contributed by atoms with van der Waals surface area (Å²) in [4.78, 5) is 21.3. The second-order valence-electron chi connectivity index (χ2n) is 7.30. The van der Waals surface area contributed by atoms with Crippen molar-refractivity contribution in [1.29, 1.82) is 0 Å². The molecule has 0 saturated carbocycles. The number of carbonyl (C=O) groups is 1. The number of rotatable bonds is 6. The molecule has 30 heavy (non-hydrogen) atoms. The number of piperazine rings is 1. The molecule has 2 heterocycles. The third-order valence-corrected chi connectivity index (χ3v) is 5.94. The molecule has 1 aromatic heterocycles. The molecule has 3 aromatic rings. The largest absolute Gasteiger partial charge is 0.462 e. The van der Waals surface area contributed by atoms with Gasteiger partial charge in [0.2, 0.25) is 0 Å². The van der Waals surface area contributed by atoms with Crippen molar-refractivity contribution in [3.8, 4) is 11.3 Å². The predicted octanol–water partition coefficient (Wildman–Crippen LogP) is 4.48. The lowest BCUT2D eigenvalue weighted by atomic mass is 10.1. The normalized spacial score (nSPS) is 14.5. The van der Waals surface area contributed by atoms with E-state index in [1.165, 1.54) is 5.69 Å². The molecule has 2 aromatic carbocycles. The average molecular weight is 423 g/mol. The molecule has 1 N–H and O–H groups in total. The van der Waals surface area contributed by atoms with Gasteiger partial charge >= 0.3 is 5.97 Å². The van der Waals surface area contributed by atoms with Crippen LogP contribution in [0.25, 0.3) is 11.3 Å². The molecule has 6 nitrogen and oxygen atoms in total. The Morgan fingerprint density at radius 3 is 2.43 bits per heavy atom. The van der Waals surface area contributed by atoms with E-state index in [0.29, 0.717) is 12.2 Å². The van der Waals surface area contributed by atoms with Crippen molar-refractivity contribution in [3.05, 3.63) is 59.5 Å². The number of nitrogens with zero attached hydrogens (tertiary/aromatic N) is 3. The Hall–Kier alpha value is -2.90. The summed E-state index contributed by atoms with van der Waals surface area (Å²) in [6.07, 6.45) is 0. The van der Waals surface area contributed by atoms with Gasteiger partial charge in [0.15, 0.2) is 5.13 Å². The first-order valence-electron chi connectivity index (χ1n) is 10.2. The van der Waals surface area contributed by atoms with Gasteiger partial charge in [0.25, 0.3) is 0 Å². The van der Waals surface area contributed by atoms with E-state index in [9.17, 15) is 4.79 Å². The zero-order valence-corrected chi connectivity index (χ0v) is 18.1. The Kier molecular flexibility index (Phi) is 6.30. The highest BCUT2D eigenvalue weighted by molar-refractivity contribution is 7.14. The van der Waals surface area contributed by atoms with Gasteiger partial charge in [-0.3, -0.25) is 0 Å². The molecule has 4 rings (SSSR count). The Morgan fingerprint density at radius 1 is 1.07 bits per heavy atom. The van der Waals surface area contributed by atoms with Crippen molar-refractivity contribution in [2.24, 2.45) is 0 Å². The number of benzene rings is 2. The van der Waals surface area contributed by atoms with E-state index in [-0.39, 0.29) is 5.97 Å². The van der Waals surface area contributed by atoms with Gasteiger partial charge in [-0.25, -0.2) is 9.78 Å². The van der Waals surface area contributed by atoms with Crippen molar-refractivity contribution in [2.45, 2.75) is 6.92 Å². The Bertz CT molecular complexity index is 977. The minimum absolute atomic E-state index is 0.305. The van der Waals surface area contributed by atoms with Gasteiger partial charge in [-0.05, 0) is 50.4 Å². The molecule has 7 heteroatoms. The Labute approximate surface area is 181 Å². The molecule has 0 unspecified atom stereocenters. The lowest BCUT2D eigenvalue weighted by Gasteiger charge is -2.34. The van der Waals surface area contributed by atoms with Crippen LogP contribution in [0.2, 0.25) is 0 Å². The second kappa shape index (κ2) is 9.28. The third-order valence-electron chi connectivity index (χ3n) is 5.18. The zero-order valence-electron chi connectivity index (χ0n) is 17.3. The van der Waals surface area contributed by atoms with Gasteiger partial charge in [-0.2, -0.15) is 0 Å². The summed E-state index contributed by atoms with van der Waals surface area (Å²) in [6, 6.07) is 15.9. The number of hydrogen-bond acceptors (Lipinski definition) is 7. The number of aromatic nitrogens is 1. The maximum atomic E-state index is 11.8. The van der Waals surface area contributed by atoms with Crippen LogP contribution in [0.3, 0.4) is 0 Å². The summed E-state index contributed by atoms with van der Waals surface area (Å²) in [6.45, 7) is 6.50. The number of esters is 1. The molecular weight excluding hydrogens is 396 g/mol. The smallest absolute Gasteiger partial charge is 0.338 e. The van der Waals surface area contributed by atoms with Gasteiger partial charge in [-0.15, -0.1) is 11.3 Å². The highest BCUT2D eigenvalue weighted by Crippen LogP contribution is 2.29. The van der Waals surface area contributed by atoms with Crippen LogP contribution in [-0.4, -0.2) is 55.7 Å². The summed E-state index contributed by atoms with van der Waals surface area (Å²) < 4.78 is 5.02. The molecule has 1 saturated heterocycles. The highest BCUT2D eigenvalue weighted by atomic mass is 32.1. The number of anilines is 3. The molecule has 0 radical (unpaired) electrons. The molecule has 0 spiro atoms. The van der Waals surface area contributed by atoms with E-state index < -0.39 is 0 Å². The van der Waals surface area contributed by atoms with Crippen LogP contribution in [0.4, 0.5) is 16.5 Å². The SMILES string of the molecule is CCOC(=O)c1ccc(Nc2nc(-c3ccc(N4CCN(C)CC4)cc3)cs2)cc1. The van der Waals surface area contributed by atoms with Crippen molar-refractivity contribution >= 4 is 33.8 Å². The molecule has 0 bridgehead atoms. The summed E-state index contributed by atoms with van der Waals surface area (Å²) in [5.74, 6) is -0.305. The van der Waals surface area contributed by atoms with Crippen LogP contribution in [0.15, 0.2) is 53.9 Å². The van der Waals surface area contributed by atoms with E-state index in [1.807, 2.05) is 12.1 Å². The standard InChI is InChI=1S/C23H26N4O2S/c1-3-29-22(28)18-4-8-19(9-5-18)24-23-25-21(16-30-23)17-6-10-20(11-7-17)27-14-12-26(2)13-15-27/h4-11,16H,3,12-15H2,1-2H3,(H,24,25). The lowest BCUT2D eigenvalue weighted by Crippen LogP contribution is -2.44. The van der Waals surface area contributed by atoms with Crippen LogP contribution < -0.4 is 10.2 Å². The van der Waals surface area contributed by atoms with Gasteiger partial charge < -0.3 is 19.9 Å². The first-order valence-corrected chi connectivity index (χ1v) is 11.0. The van der Waals surface area contributed by atoms with Gasteiger partial charge in [0.1, 0.15) is 0 Å². The number of carbonyl (C=O) groups excluding carboxylic acids is 1. The van der Waals surface area contributed by atoms with Crippen molar-refractivity contribution < 1.29 is 9.53 Å². The molecule has 0 amide bonds. The monoisotopic (exact) mass is 422 g/mol. The maximum Gasteiger partial charge on any atom is 0.338 e. The zero-order chi connectivity index (χ0) is 20.9. The quantitative estimate of drug-likeness (QED) is 0.591. The molecule has 156 valence electrons. The second-order valence-corrected chi connectivity index (χ2v) is 8.16. The summed E-state index contributed by atoms with van der Waals surface area (Å²) in [5.41, 5.74) is 4.75. The van der Waals surface area contributed by atoms with Crippen LogP contribution in [0.1, 0.15) is 17.3 Å². The van der Waals surface area contributed by atoms with Gasteiger partial charge in [0, 0.05) is 48.5 Å². The van der Waals surface area contributed by atoms with Crippen molar-refractivity contribution in [2.75, 3.05) is 50.1 Å². The molecular formula is C23H26N4O2S. The average Bonchev–Trinajstić information content (AvgIpc) is 3.23. The number of hydrogen-bond donors (Lipinski definition) is 1. The van der Waals surface area contributed by atoms with Crippen LogP contribution >= 0.6 is 11.3 Å². The number of nitrogens with one attached hydrogen (secondary N) is 1. The van der Waals surface area contributed by atoms with E-state index in [1.54, 1.807) is 30.4 Å². The fraction of sp³-hybridized carbons (Fsp3) is 0.304. The summed E-state index contributed by atoms with van der Waals surface area (Å²) in [5, 5.41) is 6.17. The van der Waals surface area contributed by atoms with E-state index in [2.05, 4.69) is 51.8 Å². The van der Waals surface area contributed by atoms with Crippen LogP contribution in [-0.2, 0) is 4.74 Å². The van der Waals surface area contributed by atoms with Crippen LogP contribution in [0, 0.1) is 0 Å². The van der Waals surface area contributed by atoms with E-state index in [0.717, 1.165) is 48.3 Å². The molecule has 0 aliphatic carbocycles. The maximum absolute atomic E-state index is 11.8. The topological polar surface area (TPSA) is 57.7 Å². The molecule has 1 fully saturated rings. The van der Waals surface area contributed by atoms with Gasteiger partial charge in [-0.1, -0.05) is 12.1 Å². The Balaban J connectivity index is 1.39. The van der Waals surface area contributed by atoms with Crippen molar-refractivity contribution in [3.63, 3.8) is 0 Å². The molecule has 1 aliphatic rings. The van der Waals surface area contributed by atoms with Crippen LogP contribution in [0.5, 0.6) is 0 Å². The minimum atomic E-state index is -0.305. The lowest BCUT2D eigenvalue weighted by molar-refractivity contribution is 0.0526. The number of thiazole rings is 1.